The zero-order valence-electron chi connectivity index (χ0n) is 19.3. The molecule has 5 rings (SSSR count). The van der Waals surface area contributed by atoms with Crippen molar-refractivity contribution < 1.29 is 23.9 Å². The van der Waals surface area contributed by atoms with Crippen LogP contribution in [0, 0.1) is 0 Å². The highest BCUT2D eigenvalue weighted by atomic mass is 16.5. The van der Waals surface area contributed by atoms with E-state index in [0.29, 0.717) is 36.9 Å². The highest BCUT2D eigenvalue weighted by molar-refractivity contribution is 6.05. The fourth-order valence-corrected chi connectivity index (χ4v) is 4.92. The molecule has 3 aliphatic rings. The monoisotopic (exact) mass is 463 g/mol. The van der Waals surface area contributed by atoms with E-state index >= 15 is 0 Å². The molecule has 178 valence electrons. The van der Waals surface area contributed by atoms with Gasteiger partial charge in [0, 0.05) is 36.7 Å². The number of carbonyl (C=O) groups is 3. The van der Waals surface area contributed by atoms with Crippen molar-refractivity contribution in [2.45, 2.75) is 45.0 Å². The van der Waals surface area contributed by atoms with Crippen LogP contribution in [0.15, 0.2) is 42.5 Å². The highest BCUT2D eigenvalue weighted by Gasteiger charge is 2.40. The van der Waals surface area contributed by atoms with Gasteiger partial charge in [-0.2, -0.15) is 0 Å². The van der Waals surface area contributed by atoms with Crippen LogP contribution >= 0.6 is 0 Å². The van der Waals surface area contributed by atoms with Crippen LogP contribution in [0.25, 0.3) is 0 Å². The summed E-state index contributed by atoms with van der Waals surface area (Å²) in [5.41, 5.74) is 3.64. The second-order valence-electron chi connectivity index (χ2n) is 9.04. The van der Waals surface area contributed by atoms with Gasteiger partial charge in [-0.25, -0.2) is 0 Å². The Hall–Kier alpha value is -3.23. The van der Waals surface area contributed by atoms with Crippen LogP contribution in [0.1, 0.15) is 52.9 Å². The number of ether oxygens (including phenoxy) is 2. The predicted molar refractivity (Wildman–Crippen MR) is 124 cm³/mol. The molecular formula is C26H29N3O5. The molecule has 1 N–H and O–H groups in total. The van der Waals surface area contributed by atoms with Crippen molar-refractivity contribution in [3.05, 3.63) is 64.7 Å². The molecule has 1 unspecified atom stereocenters. The zero-order chi connectivity index (χ0) is 23.7. The van der Waals surface area contributed by atoms with Gasteiger partial charge in [0.1, 0.15) is 18.4 Å². The van der Waals surface area contributed by atoms with Gasteiger partial charge in [0.05, 0.1) is 19.8 Å². The summed E-state index contributed by atoms with van der Waals surface area (Å²) in [6, 6.07) is 13.6. The van der Waals surface area contributed by atoms with E-state index in [0.717, 1.165) is 37.4 Å². The first kappa shape index (κ1) is 22.6. The maximum absolute atomic E-state index is 13.0. The summed E-state index contributed by atoms with van der Waals surface area (Å²) >= 11 is 0. The highest BCUT2D eigenvalue weighted by Crippen LogP contribution is 2.34. The van der Waals surface area contributed by atoms with E-state index in [4.69, 9.17) is 9.47 Å². The number of hydrogen-bond donors (Lipinski definition) is 1. The van der Waals surface area contributed by atoms with E-state index in [-0.39, 0.29) is 18.2 Å². The lowest BCUT2D eigenvalue weighted by molar-refractivity contribution is -0.136. The number of rotatable bonds is 6. The topological polar surface area (TPSA) is 88.2 Å². The number of piperidine rings is 1. The quantitative estimate of drug-likeness (QED) is 0.662. The summed E-state index contributed by atoms with van der Waals surface area (Å²) in [4.78, 5) is 40.7. The van der Waals surface area contributed by atoms with E-state index in [1.165, 1.54) is 5.56 Å². The zero-order valence-corrected chi connectivity index (χ0v) is 19.3. The fourth-order valence-electron chi connectivity index (χ4n) is 4.92. The van der Waals surface area contributed by atoms with Crippen LogP contribution in [-0.4, -0.2) is 59.9 Å². The number of hydrogen-bond acceptors (Lipinski definition) is 6. The predicted octanol–water partition coefficient (Wildman–Crippen LogP) is 2.42. The summed E-state index contributed by atoms with van der Waals surface area (Å²) in [6.07, 6.45) is 0.579. The van der Waals surface area contributed by atoms with Crippen LogP contribution in [0.4, 0.5) is 0 Å². The first-order valence-electron chi connectivity index (χ1n) is 11.8. The van der Waals surface area contributed by atoms with Crippen LogP contribution < -0.4 is 10.1 Å². The largest absolute Gasteiger partial charge is 0.489 e. The minimum Gasteiger partial charge on any atom is -0.489 e. The molecule has 0 bridgehead atoms. The van der Waals surface area contributed by atoms with Gasteiger partial charge in [-0.05, 0) is 36.6 Å². The molecule has 0 aromatic heterocycles. The number of benzene rings is 2. The van der Waals surface area contributed by atoms with Crippen LogP contribution in [-0.2, 0) is 27.5 Å². The van der Waals surface area contributed by atoms with Crippen molar-refractivity contribution in [1.29, 1.82) is 0 Å². The molecule has 2 aromatic carbocycles. The van der Waals surface area contributed by atoms with Crippen molar-refractivity contribution in [3.8, 4) is 5.75 Å². The Bertz CT molecular complexity index is 1090. The molecule has 3 heterocycles. The lowest BCUT2D eigenvalue weighted by Crippen LogP contribution is -2.52. The Morgan fingerprint density at radius 1 is 1.09 bits per heavy atom. The second-order valence-corrected chi connectivity index (χ2v) is 9.04. The minimum atomic E-state index is -0.633. The van der Waals surface area contributed by atoms with Gasteiger partial charge in [0.25, 0.3) is 5.91 Å². The fraction of sp³-hybridized carbons (Fsp3) is 0.423. The average Bonchev–Trinajstić information content (AvgIpc) is 3.20. The summed E-state index contributed by atoms with van der Waals surface area (Å²) in [7, 11) is 0. The third kappa shape index (κ3) is 4.43. The lowest BCUT2D eigenvalue weighted by atomic mass is 10.0. The number of carbonyl (C=O) groups excluding carboxylic acids is 3. The molecule has 2 saturated heterocycles. The van der Waals surface area contributed by atoms with Crippen molar-refractivity contribution >= 4 is 17.7 Å². The molecule has 0 radical (unpaired) electrons. The summed E-state index contributed by atoms with van der Waals surface area (Å²) in [5, 5.41) is 2.34. The Labute approximate surface area is 198 Å². The first-order chi connectivity index (χ1) is 16.5. The van der Waals surface area contributed by atoms with Crippen molar-refractivity contribution in [2.75, 3.05) is 26.3 Å². The number of nitrogens with one attached hydrogen (secondary N) is 1. The number of nitrogens with zero attached hydrogens (tertiary/aromatic N) is 2. The molecule has 34 heavy (non-hydrogen) atoms. The molecule has 2 fully saturated rings. The number of amides is 3. The smallest absolute Gasteiger partial charge is 0.255 e. The van der Waals surface area contributed by atoms with Gasteiger partial charge >= 0.3 is 0 Å². The van der Waals surface area contributed by atoms with Crippen LogP contribution in [0.5, 0.6) is 5.75 Å². The lowest BCUT2D eigenvalue weighted by Gasteiger charge is -2.32. The average molecular weight is 464 g/mol. The van der Waals surface area contributed by atoms with E-state index in [1.54, 1.807) is 17.0 Å². The summed E-state index contributed by atoms with van der Waals surface area (Å²) in [6.45, 7) is 6.35. The SMILES string of the molecule is C[C@H](c1ccc(COc2cccc3c2CN(C2CCC(=O)NC2=O)C3=O)cc1)N1CCOCC1. The van der Waals surface area contributed by atoms with Crippen LogP contribution in [0.2, 0.25) is 0 Å². The number of morpholine rings is 1. The molecule has 3 aliphatic heterocycles. The van der Waals surface area contributed by atoms with Gasteiger partial charge < -0.3 is 14.4 Å². The molecule has 2 aromatic rings. The van der Waals surface area contributed by atoms with E-state index in [9.17, 15) is 14.4 Å². The molecule has 0 saturated carbocycles. The van der Waals surface area contributed by atoms with Crippen molar-refractivity contribution in [1.82, 2.24) is 15.1 Å². The maximum atomic E-state index is 13.0. The Balaban J connectivity index is 1.24. The molecule has 3 amide bonds. The van der Waals surface area contributed by atoms with Gasteiger partial charge in [0.15, 0.2) is 0 Å². The molecule has 8 nitrogen and oxygen atoms in total. The summed E-state index contributed by atoms with van der Waals surface area (Å²) in [5.74, 6) is -0.256. The van der Waals surface area contributed by atoms with E-state index in [2.05, 4.69) is 41.4 Å². The third-order valence-electron chi connectivity index (χ3n) is 6.99. The number of fused-ring (bicyclic) bond motifs is 1. The molecule has 8 heteroatoms. The van der Waals surface area contributed by atoms with Gasteiger partial charge in [-0.3, -0.25) is 24.6 Å². The summed E-state index contributed by atoms with van der Waals surface area (Å²) < 4.78 is 11.6. The Kier molecular flexibility index (Phi) is 6.34. The van der Waals surface area contributed by atoms with Crippen molar-refractivity contribution in [2.24, 2.45) is 0 Å². The standard InChI is InChI=1S/C26H29N3O5/c1-17(28-11-13-33-14-12-28)19-7-5-18(6-8-19)16-34-23-4-2-3-20-21(23)15-29(26(20)32)22-9-10-24(30)27-25(22)31/h2-8,17,22H,9-16H2,1H3,(H,27,30,31)/t17-,22?/m1/s1. The third-order valence-corrected chi connectivity index (χ3v) is 6.99. The minimum absolute atomic E-state index is 0.198. The second kappa shape index (κ2) is 9.56. The Morgan fingerprint density at radius 3 is 2.59 bits per heavy atom. The molecular weight excluding hydrogens is 434 g/mol. The van der Waals surface area contributed by atoms with E-state index in [1.807, 2.05) is 6.07 Å². The number of imide groups is 1. The van der Waals surface area contributed by atoms with Crippen molar-refractivity contribution in [3.63, 3.8) is 0 Å². The van der Waals surface area contributed by atoms with Crippen LogP contribution in [0.3, 0.4) is 0 Å². The molecule has 2 atom stereocenters. The first-order valence-corrected chi connectivity index (χ1v) is 11.8. The van der Waals surface area contributed by atoms with E-state index < -0.39 is 11.9 Å². The van der Waals surface area contributed by atoms with Gasteiger partial charge in [-0.1, -0.05) is 30.3 Å². The Morgan fingerprint density at radius 2 is 1.85 bits per heavy atom. The van der Waals surface area contributed by atoms with Gasteiger partial charge in [0.2, 0.25) is 11.8 Å². The van der Waals surface area contributed by atoms with Gasteiger partial charge in [-0.15, -0.1) is 0 Å². The molecule has 0 spiro atoms. The maximum Gasteiger partial charge on any atom is 0.255 e. The normalized spacial score (nSPS) is 21.9. The molecule has 0 aliphatic carbocycles.